The van der Waals surface area contributed by atoms with Gasteiger partial charge in [0.2, 0.25) is 11.8 Å². The number of ether oxygens (including phenoxy) is 1. The summed E-state index contributed by atoms with van der Waals surface area (Å²) in [6.45, 7) is 0. The third kappa shape index (κ3) is 2.83. The van der Waals surface area contributed by atoms with Crippen LogP contribution in [0.15, 0.2) is 103 Å². The second-order valence-corrected chi connectivity index (χ2v) is 8.73. The van der Waals surface area contributed by atoms with Crippen LogP contribution in [0.25, 0.3) is 5.57 Å². The minimum atomic E-state index is -0.380. The van der Waals surface area contributed by atoms with Gasteiger partial charge < -0.3 is 4.74 Å². The smallest absolute Gasteiger partial charge is 0.238 e. The summed E-state index contributed by atoms with van der Waals surface area (Å²) in [5.74, 6) is -0.680. The molecule has 3 aromatic carbocycles. The van der Waals surface area contributed by atoms with E-state index in [1.807, 2.05) is 48.5 Å². The molecule has 4 atom stereocenters. The molecule has 33 heavy (non-hydrogen) atoms. The van der Waals surface area contributed by atoms with Gasteiger partial charge in [-0.2, -0.15) is 0 Å². The second kappa shape index (κ2) is 7.59. The number of nitrogens with zero attached hydrogens (tertiary/aromatic N) is 1. The molecule has 1 heterocycles. The van der Waals surface area contributed by atoms with Gasteiger partial charge in [0.05, 0.1) is 24.6 Å². The Hall–Kier alpha value is -3.92. The zero-order chi connectivity index (χ0) is 22.5. The van der Waals surface area contributed by atoms with Crippen LogP contribution in [0.4, 0.5) is 5.69 Å². The maximum atomic E-state index is 13.7. The molecule has 0 aromatic heterocycles. The summed E-state index contributed by atoms with van der Waals surface area (Å²) in [6.07, 6.45) is 4.26. The van der Waals surface area contributed by atoms with Gasteiger partial charge in [0, 0.05) is 11.8 Å². The molecule has 2 amide bonds. The van der Waals surface area contributed by atoms with E-state index < -0.39 is 0 Å². The molecule has 1 saturated carbocycles. The monoisotopic (exact) mass is 433 g/mol. The third-order valence-corrected chi connectivity index (χ3v) is 7.16. The van der Waals surface area contributed by atoms with E-state index in [0.29, 0.717) is 11.4 Å². The predicted molar refractivity (Wildman–Crippen MR) is 127 cm³/mol. The van der Waals surface area contributed by atoms with Gasteiger partial charge in [-0.25, -0.2) is 4.90 Å². The van der Waals surface area contributed by atoms with Crippen molar-refractivity contribution in [2.24, 2.45) is 23.7 Å². The molecule has 3 aromatic rings. The number of allylic oxidation sites excluding steroid dienone is 3. The molecule has 0 spiro atoms. The van der Waals surface area contributed by atoms with E-state index in [1.54, 1.807) is 19.2 Å². The van der Waals surface area contributed by atoms with E-state index in [9.17, 15) is 9.59 Å². The third-order valence-electron chi connectivity index (χ3n) is 7.16. The fourth-order valence-corrected chi connectivity index (χ4v) is 5.86. The highest BCUT2D eigenvalue weighted by Crippen LogP contribution is 2.59. The van der Waals surface area contributed by atoms with Crippen molar-refractivity contribution in [2.45, 2.75) is 0 Å². The van der Waals surface area contributed by atoms with Crippen molar-refractivity contribution >= 4 is 23.1 Å². The number of methoxy groups -OCH3 is 1. The first-order valence-corrected chi connectivity index (χ1v) is 11.2. The van der Waals surface area contributed by atoms with E-state index in [2.05, 4.69) is 36.4 Å². The predicted octanol–water partition coefficient (Wildman–Crippen LogP) is 5.12. The molecule has 1 aliphatic heterocycles. The molecule has 4 heteroatoms. The topological polar surface area (TPSA) is 46.6 Å². The zero-order valence-corrected chi connectivity index (χ0v) is 18.2. The number of imide groups is 1. The largest absolute Gasteiger partial charge is 0.495 e. The van der Waals surface area contributed by atoms with Crippen LogP contribution >= 0.6 is 0 Å². The molecule has 2 fully saturated rings. The molecule has 0 N–H and O–H groups in total. The maximum absolute atomic E-state index is 13.7. The Morgan fingerprint density at radius 2 is 1.18 bits per heavy atom. The van der Waals surface area contributed by atoms with Crippen LogP contribution in [-0.2, 0) is 9.59 Å². The molecule has 0 unspecified atom stereocenters. The number of fused-ring (bicyclic) bond motifs is 5. The summed E-state index contributed by atoms with van der Waals surface area (Å²) in [4.78, 5) is 28.7. The van der Waals surface area contributed by atoms with Crippen molar-refractivity contribution in [3.05, 3.63) is 114 Å². The molecule has 3 aliphatic rings. The van der Waals surface area contributed by atoms with Gasteiger partial charge in [-0.15, -0.1) is 0 Å². The summed E-state index contributed by atoms with van der Waals surface area (Å²) < 4.78 is 5.45. The van der Waals surface area contributed by atoms with Gasteiger partial charge in [0.15, 0.2) is 0 Å². The fourth-order valence-electron chi connectivity index (χ4n) is 5.86. The Balaban J connectivity index is 1.49. The zero-order valence-electron chi connectivity index (χ0n) is 18.2. The van der Waals surface area contributed by atoms with E-state index >= 15 is 0 Å². The number of carbonyl (C=O) groups is 2. The van der Waals surface area contributed by atoms with Crippen molar-refractivity contribution < 1.29 is 14.3 Å². The van der Waals surface area contributed by atoms with Crippen LogP contribution in [0.2, 0.25) is 0 Å². The van der Waals surface area contributed by atoms with Crippen LogP contribution in [0.1, 0.15) is 11.1 Å². The Morgan fingerprint density at radius 3 is 1.70 bits per heavy atom. The molecule has 2 bridgehead atoms. The van der Waals surface area contributed by atoms with Gasteiger partial charge in [-0.3, -0.25) is 9.59 Å². The van der Waals surface area contributed by atoms with Crippen LogP contribution < -0.4 is 9.64 Å². The van der Waals surface area contributed by atoms with Crippen molar-refractivity contribution in [2.75, 3.05) is 12.0 Å². The number of hydrogen-bond donors (Lipinski definition) is 0. The number of hydrogen-bond acceptors (Lipinski definition) is 3. The Labute approximate surface area is 192 Å². The van der Waals surface area contributed by atoms with E-state index in [4.69, 9.17) is 4.74 Å². The summed E-state index contributed by atoms with van der Waals surface area (Å²) in [5.41, 5.74) is 5.07. The van der Waals surface area contributed by atoms with E-state index in [-0.39, 0.29) is 35.5 Å². The minimum absolute atomic E-state index is 0.0911. The van der Waals surface area contributed by atoms with Crippen molar-refractivity contribution in [3.63, 3.8) is 0 Å². The lowest BCUT2D eigenvalue weighted by molar-refractivity contribution is -0.123. The number of amides is 2. The molecule has 2 aliphatic carbocycles. The molecule has 4 nitrogen and oxygen atoms in total. The summed E-state index contributed by atoms with van der Waals surface area (Å²) in [6, 6.07) is 27.8. The number of para-hydroxylation sites is 2. The standard InChI is InChI=1S/C29H23NO3/c1-33-23-15-9-8-14-22(23)30-28(31)26-20-16-17-21(27(26)29(30)32)25(20)24(18-10-4-2-5-11-18)19-12-6-3-7-13-19/h2-17,20-21,26-27H,1H3/t20-,21-,26-,27+/m0/s1. The molecule has 0 radical (unpaired) electrons. The highest BCUT2D eigenvalue weighted by atomic mass is 16.5. The highest BCUT2D eigenvalue weighted by Gasteiger charge is 2.62. The van der Waals surface area contributed by atoms with Gasteiger partial charge in [0.1, 0.15) is 5.75 Å². The maximum Gasteiger partial charge on any atom is 0.238 e. The molecular formula is C29H23NO3. The van der Waals surface area contributed by atoms with Crippen LogP contribution in [0, 0.1) is 23.7 Å². The molecule has 6 rings (SSSR count). The van der Waals surface area contributed by atoms with Crippen molar-refractivity contribution in [1.82, 2.24) is 0 Å². The number of carbonyl (C=O) groups excluding carboxylic acids is 2. The Morgan fingerprint density at radius 1 is 0.697 bits per heavy atom. The highest BCUT2D eigenvalue weighted by molar-refractivity contribution is 6.24. The number of benzene rings is 3. The molecular weight excluding hydrogens is 410 g/mol. The normalized spacial score (nSPS) is 25.0. The Kier molecular flexibility index (Phi) is 4.54. The number of rotatable bonds is 4. The van der Waals surface area contributed by atoms with Gasteiger partial charge in [0.25, 0.3) is 0 Å². The minimum Gasteiger partial charge on any atom is -0.495 e. The first kappa shape index (κ1) is 19.7. The van der Waals surface area contributed by atoms with Gasteiger partial charge in [-0.1, -0.05) is 84.9 Å². The quantitative estimate of drug-likeness (QED) is 0.424. The fraction of sp³-hybridized carbons (Fsp3) is 0.172. The molecule has 1 saturated heterocycles. The Bertz CT molecular complexity index is 1230. The first-order chi connectivity index (χ1) is 16.2. The SMILES string of the molecule is COc1ccccc1N1C(=O)[C@@H]2[C@H](C1=O)[C@H]1C=C[C@H]2C1=C(c1ccccc1)c1ccccc1. The van der Waals surface area contributed by atoms with E-state index in [1.165, 1.54) is 10.5 Å². The summed E-state index contributed by atoms with van der Waals surface area (Å²) >= 11 is 0. The molecule has 162 valence electrons. The van der Waals surface area contributed by atoms with E-state index in [0.717, 1.165) is 16.7 Å². The summed E-state index contributed by atoms with van der Waals surface area (Å²) in [5, 5.41) is 0. The second-order valence-electron chi connectivity index (χ2n) is 8.73. The van der Waals surface area contributed by atoms with Gasteiger partial charge in [-0.05, 0) is 34.4 Å². The lowest BCUT2D eigenvalue weighted by atomic mass is 9.85. The van der Waals surface area contributed by atoms with Crippen LogP contribution in [-0.4, -0.2) is 18.9 Å². The van der Waals surface area contributed by atoms with Gasteiger partial charge >= 0.3 is 0 Å². The number of anilines is 1. The summed E-state index contributed by atoms with van der Waals surface area (Å²) in [7, 11) is 1.56. The van der Waals surface area contributed by atoms with Crippen LogP contribution in [0.3, 0.4) is 0 Å². The average Bonchev–Trinajstić information content (AvgIpc) is 3.50. The van der Waals surface area contributed by atoms with Crippen molar-refractivity contribution in [1.29, 1.82) is 0 Å². The average molecular weight is 434 g/mol. The van der Waals surface area contributed by atoms with Crippen molar-refractivity contribution in [3.8, 4) is 5.75 Å². The lowest BCUT2D eigenvalue weighted by Crippen LogP contribution is -2.33. The van der Waals surface area contributed by atoms with Crippen LogP contribution in [0.5, 0.6) is 5.75 Å². The lowest BCUT2D eigenvalue weighted by Gasteiger charge is -2.22. The first-order valence-electron chi connectivity index (χ1n) is 11.2.